The Labute approximate surface area is 238 Å². The Hall–Kier alpha value is -4.63. The van der Waals surface area contributed by atoms with Gasteiger partial charge in [-0.2, -0.15) is 0 Å². The number of benzene rings is 3. The van der Waals surface area contributed by atoms with Crippen LogP contribution in [-0.4, -0.2) is 61.2 Å². The summed E-state index contributed by atoms with van der Waals surface area (Å²) in [7, 11) is 0. The third-order valence-electron chi connectivity index (χ3n) is 7.36. The Morgan fingerprint density at radius 2 is 1.61 bits per heavy atom. The van der Waals surface area contributed by atoms with Gasteiger partial charge in [0.05, 0.1) is 0 Å². The standard InChI is InChI=1S/C32H32N4O5/c1-21-4-8-26(34-31(37)23-7-9-28-29(17-23)40-15-14-39-28)19-27(21)35-32(38)22-5-6-24-20-33-30(18-25(24)16-22)41-13-12-36-10-2-3-11-36/h4-9,16-20H,2-3,10-15H2,1H3,(H,34,37)(H,35,38). The molecule has 41 heavy (non-hydrogen) atoms. The van der Waals surface area contributed by atoms with E-state index in [9.17, 15) is 9.59 Å². The Kier molecular flexibility index (Phi) is 7.69. The van der Waals surface area contributed by atoms with Crippen molar-refractivity contribution in [3.8, 4) is 17.4 Å². The molecule has 4 aromatic rings. The predicted octanol–water partition coefficient (Wildman–Crippen LogP) is 5.29. The highest BCUT2D eigenvalue weighted by Crippen LogP contribution is 2.31. The Morgan fingerprint density at radius 1 is 0.854 bits per heavy atom. The number of nitrogens with zero attached hydrogens (tertiary/aromatic N) is 2. The van der Waals surface area contributed by atoms with Crippen LogP contribution >= 0.6 is 0 Å². The third-order valence-corrected chi connectivity index (χ3v) is 7.36. The first-order valence-electron chi connectivity index (χ1n) is 13.9. The highest BCUT2D eigenvalue weighted by atomic mass is 16.6. The maximum absolute atomic E-state index is 13.2. The van der Waals surface area contributed by atoms with E-state index in [-0.39, 0.29) is 11.8 Å². The van der Waals surface area contributed by atoms with E-state index in [1.165, 1.54) is 12.8 Å². The van der Waals surface area contributed by atoms with Crippen LogP contribution in [0.1, 0.15) is 39.1 Å². The van der Waals surface area contributed by atoms with Gasteiger partial charge < -0.3 is 24.8 Å². The first kappa shape index (κ1) is 26.6. The average Bonchev–Trinajstić information content (AvgIpc) is 3.52. The van der Waals surface area contributed by atoms with E-state index in [0.717, 1.165) is 36.0 Å². The zero-order chi connectivity index (χ0) is 28.2. The summed E-state index contributed by atoms with van der Waals surface area (Å²) in [4.78, 5) is 32.9. The molecule has 0 radical (unpaired) electrons. The van der Waals surface area contributed by atoms with Crippen LogP contribution in [0.2, 0.25) is 0 Å². The largest absolute Gasteiger partial charge is 0.486 e. The second-order valence-electron chi connectivity index (χ2n) is 10.3. The van der Waals surface area contributed by atoms with Gasteiger partial charge in [0, 0.05) is 46.7 Å². The molecule has 210 valence electrons. The minimum absolute atomic E-state index is 0.251. The molecule has 6 rings (SSSR count). The van der Waals surface area contributed by atoms with E-state index >= 15 is 0 Å². The number of pyridine rings is 1. The molecule has 1 saturated heterocycles. The molecule has 1 fully saturated rings. The predicted molar refractivity (Wildman–Crippen MR) is 157 cm³/mol. The summed E-state index contributed by atoms with van der Waals surface area (Å²) in [5.74, 6) is 1.18. The van der Waals surface area contributed by atoms with Crippen molar-refractivity contribution in [1.29, 1.82) is 0 Å². The molecule has 3 aromatic carbocycles. The van der Waals surface area contributed by atoms with Crippen LogP contribution < -0.4 is 24.8 Å². The zero-order valence-corrected chi connectivity index (χ0v) is 22.9. The molecule has 0 bridgehead atoms. The highest BCUT2D eigenvalue weighted by molar-refractivity contribution is 6.08. The topological polar surface area (TPSA) is 102 Å². The highest BCUT2D eigenvalue weighted by Gasteiger charge is 2.16. The van der Waals surface area contributed by atoms with Gasteiger partial charge >= 0.3 is 0 Å². The van der Waals surface area contributed by atoms with Crippen LogP contribution in [-0.2, 0) is 0 Å². The number of hydrogen-bond donors (Lipinski definition) is 2. The summed E-state index contributed by atoms with van der Waals surface area (Å²) in [5.41, 5.74) is 3.00. The van der Waals surface area contributed by atoms with E-state index in [1.807, 2.05) is 31.2 Å². The Balaban J connectivity index is 1.12. The zero-order valence-electron chi connectivity index (χ0n) is 22.9. The second kappa shape index (κ2) is 11.9. The number of rotatable bonds is 8. The van der Waals surface area contributed by atoms with E-state index in [1.54, 1.807) is 42.6 Å². The molecule has 0 atom stereocenters. The van der Waals surface area contributed by atoms with E-state index < -0.39 is 0 Å². The van der Waals surface area contributed by atoms with Crippen LogP contribution in [0.5, 0.6) is 17.4 Å². The molecular weight excluding hydrogens is 520 g/mol. The molecular formula is C32H32N4O5. The van der Waals surface area contributed by atoms with Crippen LogP contribution in [0.15, 0.2) is 66.9 Å². The first-order chi connectivity index (χ1) is 20.0. The molecule has 2 N–H and O–H groups in total. The number of nitrogens with one attached hydrogen (secondary N) is 2. The molecule has 3 heterocycles. The van der Waals surface area contributed by atoms with Gasteiger partial charge in [-0.15, -0.1) is 0 Å². The van der Waals surface area contributed by atoms with Crippen LogP contribution in [0, 0.1) is 6.92 Å². The fourth-order valence-electron chi connectivity index (χ4n) is 5.04. The van der Waals surface area contributed by atoms with Crippen LogP contribution in [0.4, 0.5) is 11.4 Å². The van der Waals surface area contributed by atoms with Crippen molar-refractivity contribution in [3.05, 3.63) is 83.6 Å². The SMILES string of the molecule is Cc1ccc(NC(=O)c2ccc3c(c2)OCCO3)cc1NC(=O)c1ccc2cnc(OCCN3CCCC3)cc2c1. The molecule has 0 spiro atoms. The lowest BCUT2D eigenvalue weighted by Crippen LogP contribution is -2.25. The summed E-state index contributed by atoms with van der Waals surface area (Å²) < 4.78 is 17.0. The number of carbonyl (C=O) groups excluding carboxylic acids is 2. The lowest BCUT2D eigenvalue weighted by molar-refractivity contribution is 0.101. The van der Waals surface area contributed by atoms with Gasteiger partial charge in [-0.3, -0.25) is 14.5 Å². The third kappa shape index (κ3) is 6.25. The van der Waals surface area contributed by atoms with Gasteiger partial charge in [-0.1, -0.05) is 12.1 Å². The summed E-state index contributed by atoms with van der Waals surface area (Å²) in [6.45, 7) is 6.56. The van der Waals surface area contributed by atoms with Crippen molar-refractivity contribution in [3.63, 3.8) is 0 Å². The van der Waals surface area contributed by atoms with Crippen molar-refractivity contribution >= 4 is 34.0 Å². The monoisotopic (exact) mass is 552 g/mol. The molecule has 2 amide bonds. The fraction of sp³-hybridized carbons (Fsp3) is 0.281. The maximum atomic E-state index is 13.2. The van der Waals surface area contributed by atoms with Gasteiger partial charge in [0.15, 0.2) is 11.5 Å². The molecule has 0 saturated carbocycles. The number of aromatic nitrogens is 1. The lowest BCUT2D eigenvalue weighted by Gasteiger charge is -2.18. The van der Waals surface area contributed by atoms with Gasteiger partial charge in [-0.25, -0.2) is 4.98 Å². The molecule has 1 aromatic heterocycles. The number of amides is 2. The summed E-state index contributed by atoms with van der Waals surface area (Å²) >= 11 is 0. The number of aryl methyl sites for hydroxylation is 1. The number of anilines is 2. The second-order valence-corrected chi connectivity index (χ2v) is 10.3. The van der Waals surface area contributed by atoms with Gasteiger partial charge in [0.1, 0.15) is 19.8 Å². The minimum atomic E-state index is -0.287. The van der Waals surface area contributed by atoms with Crippen molar-refractivity contribution in [2.75, 3.05) is 50.1 Å². The molecule has 0 unspecified atom stereocenters. The summed E-state index contributed by atoms with van der Waals surface area (Å²) in [6.07, 6.45) is 4.26. The van der Waals surface area contributed by atoms with Gasteiger partial charge in [-0.05, 0) is 86.3 Å². The fourth-order valence-corrected chi connectivity index (χ4v) is 5.04. The van der Waals surface area contributed by atoms with Crippen LogP contribution in [0.25, 0.3) is 10.8 Å². The lowest BCUT2D eigenvalue weighted by atomic mass is 10.1. The quantitative estimate of drug-likeness (QED) is 0.306. The minimum Gasteiger partial charge on any atom is -0.486 e. The summed E-state index contributed by atoms with van der Waals surface area (Å²) in [6, 6.07) is 17.9. The number of likely N-dealkylation sites (tertiary alicyclic amines) is 1. The van der Waals surface area contributed by atoms with Gasteiger partial charge in [0.25, 0.3) is 11.8 Å². The first-order valence-corrected chi connectivity index (χ1v) is 13.9. The van der Waals surface area contributed by atoms with E-state index in [4.69, 9.17) is 14.2 Å². The number of carbonyl (C=O) groups is 2. The molecule has 0 aliphatic carbocycles. The van der Waals surface area contributed by atoms with Crippen molar-refractivity contribution in [2.45, 2.75) is 19.8 Å². The normalized spacial score (nSPS) is 14.6. The molecule has 2 aliphatic rings. The van der Waals surface area contributed by atoms with E-state index in [2.05, 4.69) is 20.5 Å². The maximum Gasteiger partial charge on any atom is 0.255 e. The number of fused-ring (bicyclic) bond motifs is 2. The Morgan fingerprint density at radius 3 is 2.46 bits per heavy atom. The number of hydrogen-bond acceptors (Lipinski definition) is 7. The van der Waals surface area contributed by atoms with Crippen molar-refractivity contribution < 1.29 is 23.8 Å². The van der Waals surface area contributed by atoms with Crippen molar-refractivity contribution in [2.24, 2.45) is 0 Å². The van der Waals surface area contributed by atoms with Crippen molar-refractivity contribution in [1.82, 2.24) is 9.88 Å². The average molecular weight is 553 g/mol. The van der Waals surface area contributed by atoms with Crippen LogP contribution in [0.3, 0.4) is 0 Å². The smallest absolute Gasteiger partial charge is 0.255 e. The molecule has 2 aliphatic heterocycles. The number of ether oxygens (including phenoxy) is 3. The van der Waals surface area contributed by atoms with E-state index in [0.29, 0.717) is 59.7 Å². The Bertz CT molecular complexity index is 1600. The van der Waals surface area contributed by atoms with Gasteiger partial charge in [0.2, 0.25) is 5.88 Å². The summed E-state index contributed by atoms with van der Waals surface area (Å²) in [5, 5.41) is 7.69. The molecule has 9 heteroatoms. The molecule has 9 nitrogen and oxygen atoms in total.